The van der Waals surface area contributed by atoms with Crippen molar-refractivity contribution in [3.8, 4) is 0 Å². The van der Waals surface area contributed by atoms with E-state index in [0.29, 0.717) is 27.9 Å². The summed E-state index contributed by atoms with van der Waals surface area (Å²) in [6.45, 7) is 6.22. The molecule has 0 amide bonds. The second kappa shape index (κ2) is 4.23. The third-order valence-electron chi connectivity index (χ3n) is 3.51. The van der Waals surface area contributed by atoms with Crippen molar-refractivity contribution in [2.24, 2.45) is 0 Å². The molecule has 3 aromatic rings. The molecule has 0 saturated carbocycles. The largest absolute Gasteiger partial charge is 0.456 e. The number of hydrogen-bond donors (Lipinski definition) is 0. The molecule has 2 heteroatoms. The molecule has 0 fully saturated rings. The Morgan fingerprint density at radius 2 is 1.58 bits per heavy atom. The molecule has 0 N–H and O–H groups in total. The highest BCUT2D eigenvalue weighted by Gasteiger charge is 2.09. The smallest absolute Gasteiger partial charge is 0.200 e. The zero-order valence-corrected chi connectivity index (χ0v) is 11.4. The maximum absolute atomic E-state index is 12.6. The molecule has 1 heterocycles. The second-order valence-electron chi connectivity index (χ2n) is 5.34. The summed E-state index contributed by atoms with van der Waals surface area (Å²) in [5, 5.41) is 1.33. The lowest BCUT2D eigenvalue weighted by Gasteiger charge is -2.07. The number of fused-ring (bicyclic) bond motifs is 2. The molecular formula is C17H16O2. The SMILES string of the molecule is Cc1ccc2oc3ccc(C(C)C)cc3c(=O)c2c1. The fourth-order valence-electron chi connectivity index (χ4n) is 2.35. The Kier molecular flexibility index (Phi) is 2.67. The van der Waals surface area contributed by atoms with Crippen LogP contribution in [0, 0.1) is 6.92 Å². The third kappa shape index (κ3) is 1.93. The first kappa shape index (κ1) is 12.0. The molecule has 0 aliphatic rings. The molecule has 96 valence electrons. The predicted molar refractivity (Wildman–Crippen MR) is 78.8 cm³/mol. The monoisotopic (exact) mass is 252 g/mol. The molecule has 0 unspecified atom stereocenters. The number of benzene rings is 2. The van der Waals surface area contributed by atoms with Crippen LogP contribution >= 0.6 is 0 Å². The van der Waals surface area contributed by atoms with E-state index in [2.05, 4.69) is 13.8 Å². The molecule has 3 rings (SSSR count). The molecule has 0 aliphatic heterocycles. The molecular weight excluding hydrogens is 236 g/mol. The highest BCUT2D eigenvalue weighted by atomic mass is 16.3. The number of aryl methyl sites for hydroxylation is 1. The summed E-state index contributed by atoms with van der Waals surface area (Å²) in [7, 11) is 0. The van der Waals surface area contributed by atoms with Crippen molar-refractivity contribution >= 4 is 21.9 Å². The van der Waals surface area contributed by atoms with Crippen molar-refractivity contribution < 1.29 is 4.42 Å². The van der Waals surface area contributed by atoms with Gasteiger partial charge in [-0.2, -0.15) is 0 Å². The number of hydrogen-bond acceptors (Lipinski definition) is 2. The van der Waals surface area contributed by atoms with E-state index in [-0.39, 0.29) is 5.43 Å². The summed E-state index contributed by atoms with van der Waals surface area (Å²) >= 11 is 0. The highest BCUT2D eigenvalue weighted by Crippen LogP contribution is 2.23. The van der Waals surface area contributed by atoms with Gasteiger partial charge in [0.25, 0.3) is 0 Å². The van der Waals surface area contributed by atoms with E-state index < -0.39 is 0 Å². The Bertz CT molecular complexity index is 826. The quantitative estimate of drug-likeness (QED) is 0.602. The van der Waals surface area contributed by atoms with Crippen LogP contribution in [0.1, 0.15) is 30.9 Å². The Hall–Kier alpha value is -2.09. The minimum Gasteiger partial charge on any atom is -0.456 e. The molecule has 0 saturated heterocycles. The molecule has 2 nitrogen and oxygen atoms in total. The fourth-order valence-corrected chi connectivity index (χ4v) is 2.35. The third-order valence-corrected chi connectivity index (χ3v) is 3.51. The van der Waals surface area contributed by atoms with Crippen LogP contribution in [-0.2, 0) is 0 Å². The van der Waals surface area contributed by atoms with Crippen LogP contribution in [-0.4, -0.2) is 0 Å². The lowest BCUT2D eigenvalue weighted by Crippen LogP contribution is -2.03. The van der Waals surface area contributed by atoms with Gasteiger partial charge in [0, 0.05) is 0 Å². The van der Waals surface area contributed by atoms with Gasteiger partial charge in [-0.05, 0) is 42.7 Å². The second-order valence-corrected chi connectivity index (χ2v) is 5.34. The van der Waals surface area contributed by atoms with Crippen LogP contribution < -0.4 is 5.43 Å². The molecule has 1 aromatic heterocycles. The predicted octanol–water partition coefficient (Wildman–Crippen LogP) is 4.38. The zero-order valence-electron chi connectivity index (χ0n) is 11.4. The summed E-state index contributed by atoms with van der Waals surface area (Å²) in [4.78, 5) is 12.6. The summed E-state index contributed by atoms with van der Waals surface area (Å²) in [6.07, 6.45) is 0. The average molecular weight is 252 g/mol. The van der Waals surface area contributed by atoms with Gasteiger partial charge in [0.15, 0.2) is 0 Å². The highest BCUT2D eigenvalue weighted by molar-refractivity contribution is 5.90. The maximum atomic E-state index is 12.6. The van der Waals surface area contributed by atoms with Gasteiger partial charge in [0.2, 0.25) is 5.43 Å². The molecule has 19 heavy (non-hydrogen) atoms. The van der Waals surface area contributed by atoms with Crippen LogP contribution in [0.5, 0.6) is 0 Å². The van der Waals surface area contributed by atoms with E-state index in [1.807, 2.05) is 43.3 Å². The van der Waals surface area contributed by atoms with Gasteiger partial charge in [0.1, 0.15) is 11.2 Å². The lowest BCUT2D eigenvalue weighted by atomic mass is 10.0. The van der Waals surface area contributed by atoms with Gasteiger partial charge in [-0.15, -0.1) is 0 Å². The Balaban J connectivity index is 2.45. The first-order valence-corrected chi connectivity index (χ1v) is 6.53. The van der Waals surface area contributed by atoms with Crippen molar-refractivity contribution in [2.45, 2.75) is 26.7 Å². The minimum absolute atomic E-state index is 0.0578. The Labute approximate surface area is 111 Å². The molecule has 0 aliphatic carbocycles. The van der Waals surface area contributed by atoms with Gasteiger partial charge in [-0.1, -0.05) is 31.5 Å². The Morgan fingerprint density at radius 3 is 2.26 bits per heavy atom. The molecule has 2 aromatic carbocycles. The summed E-state index contributed by atoms with van der Waals surface area (Å²) in [5.74, 6) is 0.400. The maximum Gasteiger partial charge on any atom is 0.200 e. The van der Waals surface area contributed by atoms with Gasteiger partial charge in [0.05, 0.1) is 10.8 Å². The van der Waals surface area contributed by atoms with E-state index in [1.54, 1.807) is 0 Å². The van der Waals surface area contributed by atoms with Gasteiger partial charge in [-0.3, -0.25) is 4.79 Å². The van der Waals surface area contributed by atoms with Gasteiger partial charge < -0.3 is 4.42 Å². The van der Waals surface area contributed by atoms with Gasteiger partial charge in [-0.25, -0.2) is 0 Å². The average Bonchev–Trinajstić information content (AvgIpc) is 2.39. The van der Waals surface area contributed by atoms with Crippen molar-refractivity contribution in [1.29, 1.82) is 0 Å². The van der Waals surface area contributed by atoms with Crippen molar-refractivity contribution in [1.82, 2.24) is 0 Å². The van der Waals surface area contributed by atoms with Crippen LogP contribution in [0.3, 0.4) is 0 Å². The minimum atomic E-state index is 0.0578. The van der Waals surface area contributed by atoms with E-state index >= 15 is 0 Å². The van der Waals surface area contributed by atoms with E-state index in [0.717, 1.165) is 11.1 Å². The Morgan fingerprint density at radius 1 is 0.947 bits per heavy atom. The standard InChI is InChI=1S/C17H16O2/c1-10(2)12-5-7-16-14(9-12)17(18)13-8-11(3)4-6-15(13)19-16/h4-10H,1-3H3. The van der Waals surface area contributed by atoms with Crippen LogP contribution in [0.25, 0.3) is 21.9 Å². The first-order valence-electron chi connectivity index (χ1n) is 6.53. The normalized spacial score (nSPS) is 11.6. The topological polar surface area (TPSA) is 30.2 Å². The number of rotatable bonds is 1. The van der Waals surface area contributed by atoms with E-state index in [4.69, 9.17) is 4.42 Å². The van der Waals surface area contributed by atoms with Crippen LogP contribution in [0.15, 0.2) is 45.6 Å². The van der Waals surface area contributed by atoms with Crippen molar-refractivity contribution in [3.05, 3.63) is 57.7 Å². The van der Waals surface area contributed by atoms with E-state index in [1.165, 1.54) is 0 Å². The molecule has 0 spiro atoms. The molecule has 0 radical (unpaired) electrons. The fraction of sp³-hybridized carbons (Fsp3) is 0.235. The lowest BCUT2D eigenvalue weighted by molar-refractivity contribution is 0.659. The van der Waals surface area contributed by atoms with Gasteiger partial charge >= 0.3 is 0 Å². The summed E-state index contributed by atoms with van der Waals surface area (Å²) in [5.41, 5.74) is 3.60. The van der Waals surface area contributed by atoms with Crippen molar-refractivity contribution in [2.75, 3.05) is 0 Å². The summed E-state index contributed by atoms with van der Waals surface area (Å²) < 4.78 is 5.82. The molecule has 0 bridgehead atoms. The summed E-state index contributed by atoms with van der Waals surface area (Å²) in [6, 6.07) is 11.6. The molecule has 0 atom stereocenters. The van der Waals surface area contributed by atoms with Crippen LogP contribution in [0.4, 0.5) is 0 Å². The van der Waals surface area contributed by atoms with Crippen molar-refractivity contribution in [3.63, 3.8) is 0 Å². The van der Waals surface area contributed by atoms with Crippen LogP contribution in [0.2, 0.25) is 0 Å². The zero-order chi connectivity index (χ0) is 13.6. The van der Waals surface area contributed by atoms with E-state index in [9.17, 15) is 4.79 Å². The first-order chi connectivity index (χ1) is 9.06.